The first-order valence-electron chi connectivity index (χ1n) is 16.0. The van der Waals surface area contributed by atoms with Gasteiger partial charge in [-0.25, -0.2) is 0 Å². The van der Waals surface area contributed by atoms with Crippen molar-refractivity contribution in [2.75, 3.05) is 57.4 Å². The molecule has 0 spiro atoms. The van der Waals surface area contributed by atoms with Crippen LogP contribution in [0.1, 0.15) is 49.8 Å². The number of carbonyl (C=O) groups is 1. The van der Waals surface area contributed by atoms with Gasteiger partial charge in [-0.05, 0) is 94.4 Å². The Morgan fingerprint density at radius 2 is 1.72 bits per heavy atom. The number of ether oxygens (including phenoxy) is 1. The number of halogens is 3. The first-order chi connectivity index (χ1) is 22.0. The zero-order valence-electron chi connectivity index (χ0n) is 27.0. The maximum Gasteiger partial charge on any atom is 0.416 e. The van der Waals surface area contributed by atoms with Crippen molar-refractivity contribution in [3.8, 4) is 5.75 Å². The summed E-state index contributed by atoms with van der Waals surface area (Å²) in [5.41, 5.74) is 9.29. The van der Waals surface area contributed by atoms with Gasteiger partial charge in [0.15, 0.2) is 0 Å². The van der Waals surface area contributed by atoms with Gasteiger partial charge in [-0.3, -0.25) is 4.79 Å². The van der Waals surface area contributed by atoms with E-state index in [1.807, 2.05) is 43.3 Å². The SMILES string of the molecule is Bc1ccc(OCCCN(C)CCCCCN[C@@H](C2=C(Nc3cccc(C(F)(F)F)c3)CN(CC)C2=O)c2ccc(N)cc2)cc1. The molecule has 11 heteroatoms. The van der Waals surface area contributed by atoms with Crippen LogP contribution in [0.15, 0.2) is 84.1 Å². The normalized spacial score (nSPS) is 14.3. The average Bonchev–Trinajstić information content (AvgIpc) is 3.34. The summed E-state index contributed by atoms with van der Waals surface area (Å²) in [7, 11) is 4.18. The molecule has 1 aliphatic heterocycles. The molecule has 246 valence electrons. The van der Waals surface area contributed by atoms with Crippen LogP contribution in [0.2, 0.25) is 0 Å². The number of likely N-dealkylation sites (N-methyl/N-ethyl adjacent to an activating group) is 1. The van der Waals surface area contributed by atoms with Crippen LogP contribution < -0.4 is 26.6 Å². The van der Waals surface area contributed by atoms with Gasteiger partial charge < -0.3 is 30.9 Å². The Hall–Kier alpha value is -3.96. The van der Waals surface area contributed by atoms with E-state index in [0.29, 0.717) is 36.7 Å². The molecule has 3 aromatic carbocycles. The number of carbonyl (C=O) groups excluding carboxylic acids is 1. The smallest absolute Gasteiger partial charge is 0.416 e. The number of nitrogens with zero attached hydrogens (tertiary/aromatic N) is 2. The van der Waals surface area contributed by atoms with Gasteiger partial charge in [0.1, 0.15) is 13.6 Å². The number of alkyl halides is 3. The van der Waals surface area contributed by atoms with Gasteiger partial charge in [-0.2, -0.15) is 13.2 Å². The van der Waals surface area contributed by atoms with Crippen molar-refractivity contribution in [1.82, 2.24) is 15.1 Å². The molecule has 7 nitrogen and oxygen atoms in total. The van der Waals surface area contributed by atoms with E-state index in [1.54, 1.807) is 23.1 Å². The van der Waals surface area contributed by atoms with Crippen LogP contribution in [0.5, 0.6) is 5.75 Å². The second kappa shape index (κ2) is 16.6. The molecule has 1 atom stereocenters. The number of nitrogen functional groups attached to an aromatic ring is 1. The molecule has 0 saturated heterocycles. The van der Waals surface area contributed by atoms with E-state index >= 15 is 0 Å². The molecule has 1 heterocycles. The molecular formula is C35H45BF3N5O2. The van der Waals surface area contributed by atoms with E-state index in [2.05, 4.69) is 30.4 Å². The molecule has 0 unspecified atom stereocenters. The van der Waals surface area contributed by atoms with Crippen LogP contribution in [0.25, 0.3) is 0 Å². The summed E-state index contributed by atoms with van der Waals surface area (Å²) < 4.78 is 46.0. The van der Waals surface area contributed by atoms with Crippen LogP contribution in [0, 0.1) is 0 Å². The van der Waals surface area contributed by atoms with Gasteiger partial charge in [-0.15, -0.1) is 0 Å². The second-order valence-corrected chi connectivity index (χ2v) is 11.8. The maximum absolute atomic E-state index is 13.6. The van der Waals surface area contributed by atoms with Crippen molar-refractivity contribution in [1.29, 1.82) is 0 Å². The average molecular weight is 636 g/mol. The highest BCUT2D eigenvalue weighted by molar-refractivity contribution is 6.32. The molecule has 0 radical (unpaired) electrons. The van der Waals surface area contributed by atoms with Crippen LogP contribution in [0.4, 0.5) is 24.5 Å². The summed E-state index contributed by atoms with van der Waals surface area (Å²) in [6.45, 7) is 5.94. The number of rotatable bonds is 17. The number of nitrogens with one attached hydrogen (secondary N) is 2. The molecule has 4 rings (SSSR count). The number of anilines is 2. The minimum atomic E-state index is -4.46. The Morgan fingerprint density at radius 1 is 1.00 bits per heavy atom. The highest BCUT2D eigenvalue weighted by Crippen LogP contribution is 2.34. The Morgan fingerprint density at radius 3 is 2.41 bits per heavy atom. The Bertz CT molecular complexity index is 1450. The van der Waals surface area contributed by atoms with E-state index < -0.39 is 17.8 Å². The van der Waals surface area contributed by atoms with Gasteiger partial charge in [-0.1, -0.05) is 42.2 Å². The Labute approximate surface area is 271 Å². The molecular weight excluding hydrogens is 590 g/mol. The predicted octanol–water partition coefficient (Wildman–Crippen LogP) is 4.98. The lowest BCUT2D eigenvalue weighted by molar-refractivity contribution is -0.137. The molecule has 0 fully saturated rings. The third kappa shape index (κ3) is 10.0. The number of benzene rings is 3. The van der Waals surface area contributed by atoms with Crippen molar-refractivity contribution in [3.05, 3.63) is 95.2 Å². The molecule has 1 aliphatic rings. The zero-order chi connectivity index (χ0) is 33.1. The monoisotopic (exact) mass is 635 g/mol. The van der Waals surface area contributed by atoms with Crippen LogP contribution in [0.3, 0.4) is 0 Å². The highest BCUT2D eigenvalue weighted by Gasteiger charge is 2.36. The van der Waals surface area contributed by atoms with E-state index in [-0.39, 0.29) is 18.1 Å². The number of hydrogen-bond acceptors (Lipinski definition) is 6. The van der Waals surface area contributed by atoms with Crippen LogP contribution in [-0.4, -0.2) is 69.9 Å². The first-order valence-corrected chi connectivity index (χ1v) is 16.0. The molecule has 0 aromatic heterocycles. The van der Waals surface area contributed by atoms with Crippen LogP contribution in [-0.2, 0) is 11.0 Å². The minimum Gasteiger partial charge on any atom is -0.494 e. The van der Waals surface area contributed by atoms with Crippen molar-refractivity contribution in [2.24, 2.45) is 0 Å². The minimum absolute atomic E-state index is 0.140. The lowest BCUT2D eigenvalue weighted by Gasteiger charge is -2.23. The van der Waals surface area contributed by atoms with Crippen LogP contribution >= 0.6 is 0 Å². The van der Waals surface area contributed by atoms with E-state index in [9.17, 15) is 18.0 Å². The molecule has 0 saturated carbocycles. The van der Waals surface area contributed by atoms with E-state index in [4.69, 9.17) is 10.5 Å². The number of nitrogens with two attached hydrogens (primary N) is 1. The fourth-order valence-corrected chi connectivity index (χ4v) is 5.53. The molecule has 46 heavy (non-hydrogen) atoms. The molecule has 1 amide bonds. The third-order valence-corrected chi connectivity index (χ3v) is 8.16. The molecule has 0 bridgehead atoms. The summed E-state index contributed by atoms with van der Waals surface area (Å²) in [5, 5.41) is 6.73. The second-order valence-electron chi connectivity index (χ2n) is 11.8. The van der Waals surface area contributed by atoms with Crippen molar-refractivity contribution < 1.29 is 22.7 Å². The van der Waals surface area contributed by atoms with Gasteiger partial charge in [0.2, 0.25) is 0 Å². The quantitative estimate of drug-likeness (QED) is 0.110. The highest BCUT2D eigenvalue weighted by atomic mass is 19.4. The summed E-state index contributed by atoms with van der Waals surface area (Å²) in [4.78, 5) is 17.6. The molecule has 4 N–H and O–H groups in total. The fraction of sp³-hybridized carbons (Fsp3) is 0.400. The number of amides is 1. The van der Waals surface area contributed by atoms with Gasteiger partial charge >= 0.3 is 6.18 Å². The van der Waals surface area contributed by atoms with Crippen molar-refractivity contribution >= 4 is 30.6 Å². The standard InChI is InChI=1S/C35H45BF3N5O2/c1-3-44-24-31(42-29-10-7-9-26(23-29)35(37,38)39)32(34(44)45)33(25-11-15-28(40)16-12-25)41-19-5-4-6-20-43(2)21-8-22-46-30-17-13-27(36)14-18-30/h7,9-18,23,33,41-42H,3-6,8,19-22,24,36,40H2,1-2H3/t33-/m1/s1. The van der Waals surface area contributed by atoms with Crippen molar-refractivity contribution in [2.45, 2.75) is 44.8 Å². The van der Waals surface area contributed by atoms with E-state index in [1.165, 1.54) is 11.5 Å². The summed E-state index contributed by atoms with van der Waals surface area (Å²) in [6.07, 6.45) is -0.559. The first kappa shape index (κ1) is 34.9. The van der Waals surface area contributed by atoms with E-state index in [0.717, 1.165) is 62.2 Å². The lowest BCUT2D eigenvalue weighted by atomic mass is 9.96. The van der Waals surface area contributed by atoms with Gasteiger partial charge in [0.25, 0.3) is 5.91 Å². The van der Waals surface area contributed by atoms with Gasteiger partial charge in [0, 0.05) is 30.2 Å². The Balaban J connectivity index is 1.34. The Kier molecular flexibility index (Phi) is 12.6. The largest absolute Gasteiger partial charge is 0.494 e. The topological polar surface area (TPSA) is 82.9 Å². The third-order valence-electron chi connectivity index (χ3n) is 8.16. The number of hydrogen-bond donors (Lipinski definition) is 3. The molecule has 0 aliphatic carbocycles. The predicted molar refractivity (Wildman–Crippen MR) is 182 cm³/mol. The zero-order valence-corrected chi connectivity index (χ0v) is 27.0. The summed E-state index contributed by atoms with van der Waals surface area (Å²) in [5.74, 6) is 0.758. The summed E-state index contributed by atoms with van der Waals surface area (Å²) in [6, 6.07) is 20.1. The summed E-state index contributed by atoms with van der Waals surface area (Å²) >= 11 is 0. The number of unbranched alkanes of at least 4 members (excludes halogenated alkanes) is 2. The fourth-order valence-electron chi connectivity index (χ4n) is 5.53. The van der Waals surface area contributed by atoms with Gasteiger partial charge in [0.05, 0.1) is 30.3 Å². The van der Waals surface area contributed by atoms with Crippen molar-refractivity contribution in [3.63, 3.8) is 0 Å². The lowest BCUT2D eigenvalue weighted by Crippen LogP contribution is -2.32. The maximum atomic E-state index is 13.6. The molecule has 3 aromatic rings.